The van der Waals surface area contributed by atoms with Crippen molar-refractivity contribution in [2.75, 3.05) is 17.2 Å². The standard InChI is InChI=1S/C13H23N5O/c1-5-7-10-17-12(15-6-2)8(3)13(18-10)16-9(4)11(14)19/h9H,5-7H2,1-4H3,(H2,14,19)(H2,15,16,17,18). The quantitative estimate of drug-likeness (QED) is 0.694. The highest BCUT2D eigenvalue weighted by Crippen LogP contribution is 2.21. The van der Waals surface area contributed by atoms with Gasteiger partial charge in [0, 0.05) is 18.5 Å². The Hall–Kier alpha value is -1.85. The molecule has 0 radical (unpaired) electrons. The van der Waals surface area contributed by atoms with E-state index < -0.39 is 11.9 Å². The number of amides is 1. The fraction of sp³-hybridized carbons (Fsp3) is 0.615. The first-order chi connectivity index (χ1) is 8.99. The van der Waals surface area contributed by atoms with E-state index in [2.05, 4.69) is 27.5 Å². The molecule has 0 aliphatic heterocycles. The second kappa shape index (κ2) is 6.92. The smallest absolute Gasteiger partial charge is 0.239 e. The molecule has 1 unspecified atom stereocenters. The second-order valence-electron chi connectivity index (χ2n) is 4.51. The zero-order valence-corrected chi connectivity index (χ0v) is 12.1. The maximum atomic E-state index is 11.1. The van der Waals surface area contributed by atoms with Crippen LogP contribution in [0, 0.1) is 6.92 Å². The van der Waals surface area contributed by atoms with Crippen LogP contribution in [-0.2, 0) is 11.2 Å². The van der Waals surface area contributed by atoms with E-state index in [1.807, 2.05) is 13.8 Å². The first-order valence-corrected chi connectivity index (χ1v) is 6.66. The van der Waals surface area contributed by atoms with E-state index in [1.54, 1.807) is 6.92 Å². The number of nitrogens with two attached hydrogens (primary N) is 1. The number of hydrogen-bond acceptors (Lipinski definition) is 5. The molecule has 0 bridgehead atoms. The summed E-state index contributed by atoms with van der Waals surface area (Å²) in [6, 6.07) is -0.461. The molecular formula is C13H23N5O. The van der Waals surface area contributed by atoms with E-state index in [4.69, 9.17) is 5.73 Å². The van der Waals surface area contributed by atoms with Crippen LogP contribution in [0.15, 0.2) is 0 Å². The minimum atomic E-state index is -0.461. The fourth-order valence-electron chi connectivity index (χ4n) is 1.65. The molecule has 1 heterocycles. The predicted molar refractivity (Wildman–Crippen MR) is 77.2 cm³/mol. The molecule has 0 fully saturated rings. The first-order valence-electron chi connectivity index (χ1n) is 6.66. The third-order valence-electron chi connectivity index (χ3n) is 2.79. The van der Waals surface area contributed by atoms with Crippen LogP contribution in [0.2, 0.25) is 0 Å². The Morgan fingerprint density at radius 2 is 1.95 bits per heavy atom. The molecule has 1 aromatic rings. The summed E-state index contributed by atoms with van der Waals surface area (Å²) in [5.41, 5.74) is 6.16. The molecule has 19 heavy (non-hydrogen) atoms. The predicted octanol–water partition coefficient (Wildman–Crippen LogP) is 1.46. The van der Waals surface area contributed by atoms with Crippen LogP contribution in [-0.4, -0.2) is 28.5 Å². The summed E-state index contributed by atoms with van der Waals surface area (Å²) < 4.78 is 0. The highest BCUT2D eigenvalue weighted by atomic mass is 16.1. The van der Waals surface area contributed by atoms with Gasteiger partial charge in [-0.15, -0.1) is 0 Å². The Morgan fingerprint density at radius 1 is 1.32 bits per heavy atom. The summed E-state index contributed by atoms with van der Waals surface area (Å²) in [5, 5.41) is 6.25. The summed E-state index contributed by atoms with van der Waals surface area (Å²) >= 11 is 0. The van der Waals surface area contributed by atoms with Crippen LogP contribution < -0.4 is 16.4 Å². The monoisotopic (exact) mass is 265 g/mol. The van der Waals surface area contributed by atoms with E-state index in [9.17, 15) is 4.79 Å². The van der Waals surface area contributed by atoms with Gasteiger partial charge in [-0.3, -0.25) is 4.79 Å². The molecule has 106 valence electrons. The van der Waals surface area contributed by atoms with Gasteiger partial charge < -0.3 is 16.4 Å². The molecular weight excluding hydrogens is 242 g/mol. The zero-order chi connectivity index (χ0) is 14.4. The molecule has 0 aliphatic rings. The Bertz CT molecular complexity index is 447. The summed E-state index contributed by atoms with van der Waals surface area (Å²) in [5.74, 6) is 1.84. The maximum absolute atomic E-state index is 11.1. The van der Waals surface area contributed by atoms with Crippen LogP contribution in [0.1, 0.15) is 38.6 Å². The molecule has 0 saturated heterocycles. The molecule has 0 aromatic carbocycles. The van der Waals surface area contributed by atoms with Crippen molar-refractivity contribution in [2.45, 2.75) is 46.6 Å². The Balaban J connectivity index is 3.09. The number of aryl methyl sites for hydroxylation is 1. The van der Waals surface area contributed by atoms with Crippen LogP contribution in [0.5, 0.6) is 0 Å². The van der Waals surface area contributed by atoms with E-state index in [-0.39, 0.29) is 0 Å². The minimum Gasteiger partial charge on any atom is -0.370 e. The van der Waals surface area contributed by atoms with E-state index in [1.165, 1.54) is 0 Å². The lowest BCUT2D eigenvalue weighted by molar-refractivity contribution is -0.118. The number of carbonyl (C=O) groups excluding carboxylic acids is 1. The van der Waals surface area contributed by atoms with Crippen LogP contribution in [0.3, 0.4) is 0 Å². The molecule has 4 N–H and O–H groups in total. The molecule has 1 amide bonds. The number of rotatable bonds is 7. The molecule has 6 nitrogen and oxygen atoms in total. The molecule has 6 heteroatoms. The van der Waals surface area contributed by atoms with Gasteiger partial charge in [-0.2, -0.15) is 0 Å². The third-order valence-corrected chi connectivity index (χ3v) is 2.79. The van der Waals surface area contributed by atoms with E-state index in [0.29, 0.717) is 5.82 Å². The highest BCUT2D eigenvalue weighted by Gasteiger charge is 2.14. The van der Waals surface area contributed by atoms with Crippen molar-refractivity contribution in [3.05, 3.63) is 11.4 Å². The fourth-order valence-corrected chi connectivity index (χ4v) is 1.65. The second-order valence-corrected chi connectivity index (χ2v) is 4.51. The molecule has 0 aliphatic carbocycles. The van der Waals surface area contributed by atoms with Gasteiger partial charge in [-0.1, -0.05) is 6.92 Å². The van der Waals surface area contributed by atoms with E-state index in [0.717, 1.165) is 36.6 Å². The molecule has 0 spiro atoms. The maximum Gasteiger partial charge on any atom is 0.239 e. The van der Waals surface area contributed by atoms with Crippen LogP contribution >= 0.6 is 0 Å². The van der Waals surface area contributed by atoms with Gasteiger partial charge >= 0.3 is 0 Å². The normalized spacial score (nSPS) is 12.0. The van der Waals surface area contributed by atoms with Gasteiger partial charge in [0.15, 0.2) is 0 Å². The van der Waals surface area contributed by atoms with Crippen molar-refractivity contribution in [2.24, 2.45) is 5.73 Å². The van der Waals surface area contributed by atoms with Gasteiger partial charge in [0.05, 0.1) is 0 Å². The Labute approximate surface area is 114 Å². The summed E-state index contributed by atoms with van der Waals surface area (Å²) in [6.07, 6.45) is 1.78. The van der Waals surface area contributed by atoms with Crippen LogP contribution in [0.4, 0.5) is 11.6 Å². The van der Waals surface area contributed by atoms with E-state index >= 15 is 0 Å². The van der Waals surface area contributed by atoms with Crippen molar-refractivity contribution in [3.8, 4) is 0 Å². The number of primary amides is 1. The SMILES string of the molecule is CCCc1nc(NCC)c(C)c(NC(C)C(N)=O)n1. The van der Waals surface area contributed by atoms with Gasteiger partial charge in [-0.05, 0) is 27.2 Å². The first kappa shape index (κ1) is 15.2. The van der Waals surface area contributed by atoms with Gasteiger partial charge in [0.2, 0.25) is 5.91 Å². The van der Waals surface area contributed by atoms with Gasteiger partial charge in [0.1, 0.15) is 23.5 Å². The van der Waals surface area contributed by atoms with Gasteiger partial charge in [0.25, 0.3) is 0 Å². The average Bonchev–Trinajstić information content (AvgIpc) is 2.35. The number of nitrogens with zero attached hydrogens (tertiary/aromatic N) is 2. The lowest BCUT2D eigenvalue weighted by Gasteiger charge is -2.16. The topological polar surface area (TPSA) is 92.9 Å². The number of hydrogen-bond donors (Lipinski definition) is 3. The molecule has 0 saturated carbocycles. The largest absolute Gasteiger partial charge is 0.370 e. The minimum absolute atomic E-state index is 0.403. The molecule has 1 atom stereocenters. The number of nitrogens with one attached hydrogen (secondary N) is 2. The number of anilines is 2. The van der Waals surface area contributed by atoms with Crippen LogP contribution in [0.25, 0.3) is 0 Å². The summed E-state index contributed by atoms with van der Waals surface area (Å²) in [7, 11) is 0. The van der Waals surface area contributed by atoms with Crippen molar-refractivity contribution in [1.29, 1.82) is 0 Å². The lowest BCUT2D eigenvalue weighted by atomic mass is 10.2. The summed E-state index contributed by atoms with van der Waals surface area (Å²) in [4.78, 5) is 20.1. The van der Waals surface area contributed by atoms with Crippen molar-refractivity contribution in [3.63, 3.8) is 0 Å². The molecule has 1 rings (SSSR count). The van der Waals surface area contributed by atoms with Crippen molar-refractivity contribution in [1.82, 2.24) is 9.97 Å². The zero-order valence-electron chi connectivity index (χ0n) is 12.1. The Morgan fingerprint density at radius 3 is 2.47 bits per heavy atom. The third kappa shape index (κ3) is 4.08. The lowest BCUT2D eigenvalue weighted by Crippen LogP contribution is -2.33. The summed E-state index contributed by atoms with van der Waals surface area (Å²) in [6.45, 7) is 8.52. The number of carbonyl (C=O) groups is 1. The van der Waals surface area contributed by atoms with Gasteiger partial charge in [-0.25, -0.2) is 9.97 Å². The molecule has 1 aromatic heterocycles. The van der Waals surface area contributed by atoms with Crippen molar-refractivity contribution < 1.29 is 4.79 Å². The Kier molecular flexibility index (Phi) is 5.54. The average molecular weight is 265 g/mol. The highest BCUT2D eigenvalue weighted by molar-refractivity contribution is 5.82. The van der Waals surface area contributed by atoms with Crippen molar-refractivity contribution >= 4 is 17.5 Å². The number of aromatic nitrogens is 2.